The van der Waals surface area contributed by atoms with E-state index in [0.717, 1.165) is 5.52 Å². The van der Waals surface area contributed by atoms with E-state index in [2.05, 4.69) is 10.3 Å². The van der Waals surface area contributed by atoms with Gasteiger partial charge in [-0.1, -0.05) is 37.0 Å². The predicted molar refractivity (Wildman–Crippen MR) is 115 cm³/mol. The minimum atomic E-state index is -3.81. The first-order valence-electron chi connectivity index (χ1n) is 8.92. The summed E-state index contributed by atoms with van der Waals surface area (Å²) in [6.07, 6.45) is 0. The third-order valence-electron chi connectivity index (χ3n) is 4.58. The van der Waals surface area contributed by atoms with Gasteiger partial charge < -0.3 is 4.57 Å². The molecule has 1 aromatic heterocycles. The molecular formula is C19H20Cl2N4O3S. The monoisotopic (exact) mass is 454 g/mol. The second kappa shape index (κ2) is 8.31. The van der Waals surface area contributed by atoms with Crippen molar-refractivity contribution in [1.82, 2.24) is 13.9 Å². The Balaban J connectivity index is 1.96. The molecule has 0 radical (unpaired) electrons. The van der Waals surface area contributed by atoms with Gasteiger partial charge in [-0.2, -0.15) is 4.31 Å². The Morgan fingerprint density at radius 1 is 1.14 bits per heavy atom. The zero-order valence-corrected chi connectivity index (χ0v) is 18.4. The second-order valence-electron chi connectivity index (χ2n) is 6.32. The van der Waals surface area contributed by atoms with E-state index in [0.29, 0.717) is 29.6 Å². The van der Waals surface area contributed by atoms with Gasteiger partial charge in [0.25, 0.3) is 5.91 Å². The first-order valence-corrected chi connectivity index (χ1v) is 11.1. The number of nitrogens with zero attached hydrogens (tertiary/aromatic N) is 3. The molecule has 1 amide bonds. The number of sulfonamides is 1. The molecule has 7 nitrogen and oxygen atoms in total. The van der Waals surface area contributed by atoms with Crippen molar-refractivity contribution in [3.05, 3.63) is 52.0 Å². The summed E-state index contributed by atoms with van der Waals surface area (Å²) in [6, 6.07) is 9.40. The van der Waals surface area contributed by atoms with Gasteiger partial charge in [0.1, 0.15) is 4.90 Å². The van der Waals surface area contributed by atoms with E-state index in [-0.39, 0.29) is 15.5 Å². The minimum Gasteiger partial charge on any atom is -0.313 e. The van der Waals surface area contributed by atoms with Crippen molar-refractivity contribution in [2.75, 3.05) is 18.4 Å². The summed E-state index contributed by atoms with van der Waals surface area (Å²) in [5.41, 5.74) is 1.59. The van der Waals surface area contributed by atoms with Gasteiger partial charge in [-0.3, -0.25) is 10.1 Å². The maximum Gasteiger partial charge on any atom is 0.258 e. The number of hydrogen-bond donors (Lipinski definition) is 1. The lowest BCUT2D eigenvalue weighted by atomic mass is 10.2. The van der Waals surface area contributed by atoms with Crippen LogP contribution in [0, 0.1) is 0 Å². The molecule has 1 heterocycles. The van der Waals surface area contributed by atoms with E-state index in [9.17, 15) is 13.2 Å². The number of nitrogens with one attached hydrogen (secondary N) is 1. The van der Waals surface area contributed by atoms with Gasteiger partial charge in [0.15, 0.2) is 0 Å². The first kappa shape index (κ1) is 21.6. The second-order valence-corrected chi connectivity index (χ2v) is 9.07. The predicted octanol–water partition coefficient (Wildman–Crippen LogP) is 4.16. The molecule has 0 aliphatic carbocycles. The van der Waals surface area contributed by atoms with Gasteiger partial charge in [0.05, 0.1) is 16.1 Å². The van der Waals surface area contributed by atoms with Crippen LogP contribution in [0.15, 0.2) is 41.3 Å². The fraction of sp³-hybridized carbons (Fsp3) is 0.263. The molecule has 0 saturated carbocycles. The largest absolute Gasteiger partial charge is 0.313 e. The molecule has 154 valence electrons. The van der Waals surface area contributed by atoms with Gasteiger partial charge in [0, 0.05) is 30.7 Å². The summed E-state index contributed by atoms with van der Waals surface area (Å²) in [4.78, 5) is 17.0. The number of fused-ring (bicyclic) bond motifs is 1. The van der Waals surface area contributed by atoms with Crippen LogP contribution in [0.2, 0.25) is 10.0 Å². The molecule has 0 aliphatic rings. The number of carbonyl (C=O) groups is 1. The quantitative estimate of drug-likeness (QED) is 0.605. The summed E-state index contributed by atoms with van der Waals surface area (Å²) in [7, 11) is -2.05. The van der Waals surface area contributed by atoms with Gasteiger partial charge in [-0.05, 0) is 36.4 Å². The van der Waals surface area contributed by atoms with E-state index in [1.165, 1.54) is 22.5 Å². The highest BCUT2D eigenvalue weighted by molar-refractivity contribution is 7.89. The summed E-state index contributed by atoms with van der Waals surface area (Å²) < 4.78 is 28.7. The van der Waals surface area contributed by atoms with Crippen molar-refractivity contribution >= 4 is 56.1 Å². The lowest BCUT2D eigenvalue weighted by Gasteiger charge is -2.19. The molecule has 0 fully saturated rings. The Labute approximate surface area is 179 Å². The molecule has 3 rings (SSSR count). The molecule has 0 bridgehead atoms. The molecule has 3 aromatic rings. The average Bonchev–Trinajstić information content (AvgIpc) is 2.97. The van der Waals surface area contributed by atoms with Crippen LogP contribution in [0.3, 0.4) is 0 Å². The van der Waals surface area contributed by atoms with Crippen LogP contribution >= 0.6 is 23.2 Å². The van der Waals surface area contributed by atoms with Crippen molar-refractivity contribution in [2.24, 2.45) is 7.05 Å². The number of imidazole rings is 1. The lowest BCUT2D eigenvalue weighted by molar-refractivity contribution is 0.102. The number of halogens is 2. The zero-order valence-electron chi connectivity index (χ0n) is 16.1. The third-order valence-corrected chi connectivity index (χ3v) is 7.35. The summed E-state index contributed by atoms with van der Waals surface area (Å²) in [5, 5.41) is 3.31. The average molecular weight is 455 g/mol. The molecule has 1 N–H and O–H groups in total. The van der Waals surface area contributed by atoms with E-state index in [1.54, 1.807) is 43.7 Å². The van der Waals surface area contributed by atoms with Gasteiger partial charge >= 0.3 is 0 Å². The number of benzene rings is 2. The molecule has 0 unspecified atom stereocenters. The molecule has 10 heteroatoms. The number of amides is 1. The van der Waals surface area contributed by atoms with Crippen molar-refractivity contribution in [3.63, 3.8) is 0 Å². The van der Waals surface area contributed by atoms with E-state index < -0.39 is 15.9 Å². The molecule has 0 atom stereocenters. The maximum absolute atomic E-state index is 12.8. The van der Waals surface area contributed by atoms with E-state index in [1.807, 2.05) is 0 Å². The highest BCUT2D eigenvalue weighted by Crippen LogP contribution is 2.27. The molecule has 0 saturated heterocycles. The van der Waals surface area contributed by atoms with E-state index in [4.69, 9.17) is 23.2 Å². The van der Waals surface area contributed by atoms with Crippen LogP contribution < -0.4 is 5.32 Å². The standard InChI is InChI=1S/C19H20Cl2N4O3S/c1-4-25(5-2)29(27,28)17-10-12(6-8-14(17)21)18(26)23-19-22-15-11-13(20)7-9-16(15)24(19)3/h6-11H,4-5H2,1-3H3,(H,22,23,26). The van der Waals surface area contributed by atoms with Gasteiger partial charge in [0.2, 0.25) is 16.0 Å². The van der Waals surface area contributed by atoms with Crippen LogP contribution in [0.1, 0.15) is 24.2 Å². The van der Waals surface area contributed by atoms with Crippen LogP contribution in [0.25, 0.3) is 11.0 Å². The number of aromatic nitrogens is 2. The van der Waals surface area contributed by atoms with Crippen LogP contribution in [0.4, 0.5) is 5.95 Å². The number of carbonyl (C=O) groups excluding carboxylic acids is 1. The SMILES string of the molecule is CCN(CC)S(=O)(=O)c1cc(C(=O)Nc2nc3cc(Cl)ccc3n2C)ccc1Cl. The van der Waals surface area contributed by atoms with Crippen molar-refractivity contribution in [1.29, 1.82) is 0 Å². The Morgan fingerprint density at radius 2 is 1.83 bits per heavy atom. The minimum absolute atomic E-state index is 0.0609. The molecule has 0 spiro atoms. The molecule has 0 aliphatic heterocycles. The maximum atomic E-state index is 12.8. The molecule has 2 aromatic carbocycles. The summed E-state index contributed by atoms with van der Waals surface area (Å²) in [5.74, 6) is -0.183. The Bertz CT molecular complexity index is 1190. The number of rotatable bonds is 6. The summed E-state index contributed by atoms with van der Waals surface area (Å²) >= 11 is 12.1. The van der Waals surface area contributed by atoms with Crippen LogP contribution in [-0.2, 0) is 17.1 Å². The highest BCUT2D eigenvalue weighted by atomic mass is 35.5. The topological polar surface area (TPSA) is 84.3 Å². The van der Waals surface area contributed by atoms with Gasteiger partial charge in [-0.15, -0.1) is 0 Å². The fourth-order valence-corrected chi connectivity index (χ4v) is 5.13. The Morgan fingerprint density at radius 3 is 2.48 bits per heavy atom. The van der Waals surface area contributed by atoms with Gasteiger partial charge in [-0.25, -0.2) is 13.4 Å². The highest BCUT2D eigenvalue weighted by Gasteiger charge is 2.26. The van der Waals surface area contributed by atoms with Crippen LogP contribution in [-0.4, -0.2) is 41.3 Å². The lowest BCUT2D eigenvalue weighted by Crippen LogP contribution is -2.31. The van der Waals surface area contributed by atoms with Crippen LogP contribution in [0.5, 0.6) is 0 Å². The number of anilines is 1. The van der Waals surface area contributed by atoms with E-state index >= 15 is 0 Å². The Hall–Kier alpha value is -2.13. The van der Waals surface area contributed by atoms with Crippen molar-refractivity contribution in [2.45, 2.75) is 18.7 Å². The summed E-state index contributed by atoms with van der Waals surface area (Å²) in [6.45, 7) is 4.08. The number of hydrogen-bond acceptors (Lipinski definition) is 4. The fourth-order valence-electron chi connectivity index (χ4n) is 3.00. The Kier molecular flexibility index (Phi) is 6.19. The third kappa shape index (κ3) is 4.11. The van der Waals surface area contributed by atoms with Crippen molar-refractivity contribution in [3.8, 4) is 0 Å². The molecule has 29 heavy (non-hydrogen) atoms. The normalized spacial score (nSPS) is 11.9. The van der Waals surface area contributed by atoms with Crippen molar-refractivity contribution < 1.29 is 13.2 Å². The number of aryl methyl sites for hydroxylation is 1. The zero-order chi connectivity index (χ0) is 21.3. The first-order chi connectivity index (χ1) is 13.7. The smallest absolute Gasteiger partial charge is 0.258 e. The molecular weight excluding hydrogens is 435 g/mol.